The van der Waals surface area contributed by atoms with Gasteiger partial charge in [0.05, 0.1) is 13.2 Å². The van der Waals surface area contributed by atoms with Crippen LogP contribution in [-0.4, -0.2) is 19.8 Å². The van der Waals surface area contributed by atoms with Crippen LogP contribution in [0.2, 0.25) is 0 Å². The van der Waals surface area contributed by atoms with Gasteiger partial charge in [-0.3, -0.25) is 0 Å². The molecule has 0 bridgehead atoms. The van der Waals surface area contributed by atoms with Gasteiger partial charge in [0.15, 0.2) is 0 Å². The Balaban J connectivity index is 2.22. The van der Waals surface area contributed by atoms with E-state index in [0.717, 1.165) is 10.0 Å². The summed E-state index contributed by atoms with van der Waals surface area (Å²) in [5.74, 6) is -0.191. The average molecular weight is 302 g/mol. The quantitative estimate of drug-likeness (QED) is 0.616. The topological polar surface area (TPSA) is 21.3 Å². The van der Waals surface area contributed by atoms with Crippen molar-refractivity contribution in [1.82, 2.24) is 5.32 Å². The van der Waals surface area contributed by atoms with Crippen molar-refractivity contribution in [1.29, 1.82) is 0 Å². The summed E-state index contributed by atoms with van der Waals surface area (Å²) in [6.45, 7) is 8.03. The Bertz CT molecular complexity index is 382. The van der Waals surface area contributed by atoms with Crippen molar-refractivity contribution in [2.24, 2.45) is 0 Å². The predicted octanol–water partition coefficient (Wildman–Crippen LogP) is 3.27. The number of halogens is 2. The molecule has 0 amide bonds. The smallest absolute Gasteiger partial charge is 0.127 e. The van der Waals surface area contributed by atoms with E-state index in [-0.39, 0.29) is 5.82 Å². The number of hydrogen-bond donors (Lipinski definition) is 1. The first-order valence-corrected chi connectivity index (χ1v) is 6.25. The van der Waals surface area contributed by atoms with Gasteiger partial charge < -0.3 is 10.1 Å². The molecule has 2 nitrogen and oxygen atoms in total. The van der Waals surface area contributed by atoms with Crippen molar-refractivity contribution in [2.75, 3.05) is 19.8 Å². The van der Waals surface area contributed by atoms with E-state index in [1.54, 1.807) is 12.1 Å². The molecule has 0 aliphatic rings. The third-order valence-electron chi connectivity index (χ3n) is 2.09. The second kappa shape index (κ2) is 7.58. The standard InChI is InChI=1S/C13H17BrFNO/c1-10(2)9-17-6-5-16-8-11-7-12(14)3-4-13(11)15/h3-4,7,16H,1,5-6,8-9H2,2H3. The van der Waals surface area contributed by atoms with Crippen LogP contribution in [0.1, 0.15) is 12.5 Å². The van der Waals surface area contributed by atoms with Crippen LogP contribution in [-0.2, 0) is 11.3 Å². The van der Waals surface area contributed by atoms with Crippen LogP contribution < -0.4 is 5.32 Å². The first kappa shape index (κ1) is 14.4. The largest absolute Gasteiger partial charge is 0.376 e. The molecule has 0 atom stereocenters. The minimum atomic E-state index is -0.191. The van der Waals surface area contributed by atoms with Crippen LogP contribution in [0.5, 0.6) is 0 Å². The first-order valence-electron chi connectivity index (χ1n) is 5.46. The van der Waals surface area contributed by atoms with Crippen molar-refractivity contribution >= 4 is 15.9 Å². The van der Waals surface area contributed by atoms with E-state index in [9.17, 15) is 4.39 Å². The summed E-state index contributed by atoms with van der Waals surface area (Å²) in [6.07, 6.45) is 0. The fourth-order valence-electron chi connectivity index (χ4n) is 1.29. The molecule has 4 heteroatoms. The normalized spacial score (nSPS) is 10.5. The van der Waals surface area contributed by atoms with Gasteiger partial charge in [0.25, 0.3) is 0 Å². The Morgan fingerprint density at radius 1 is 1.53 bits per heavy atom. The van der Waals surface area contributed by atoms with Gasteiger partial charge in [-0.1, -0.05) is 28.1 Å². The maximum Gasteiger partial charge on any atom is 0.127 e. The summed E-state index contributed by atoms with van der Waals surface area (Å²) in [7, 11) is 0. The van der Waals surface area contributed by atoms with Gasteiger partial charge in [-0.25, -0.2) is 4.39 Å². The zero-order valence-corrected chi connectivity index (χ0v) is 11.5. The lowest BCUT2D eigenvalue weighted by molar-refractivity contribution is 0.157. The molecule has 17 heavy (non-hydrogen) atoms. The van der Waals surface area contributed by atoms with E-state index in [1.807, 2.05) is 6.92 Å². The molecule has 1 N–H and O–H groups in total. The van der Waals surface area contributed by atoms with Crippen LogP contribution in [0.25, 0.3) is 0 Å². The summed E-state index contributed by atoms with van der Waals surface area (Å²) in [5.41, 5.74) is 1.65. The monoisotopic (exact) mass is 301 g/mol. The van der Waals surface area contributed by atoms with Gasteiger partial charge in [0.2, 0.25) is 0 Å². The van der Waals surface area contributed by atoms with Gasteiger partial charge in [0.1, 0.15) is 5.82 Å². The lowest BCUT2D eigenvalue weighted by Gasteiger charge is -2.07. The molecule has 0 unspecified atom stereocenters. The molecule has 0 saturated carbocycles. The number of benzene rings is 1. The summed E-state index contributed by atoms with van der Waals surface area (Å²) in [6, 6.07) is 4.92. The van der Waals surface area contributed by atoms with Crippen molar-refractivity contribution in [3.63, 3.8) is 0 Å². The highest BCUT2D eigenvalue weighted by molar-refractivity contribution is 9.10. The number of nitrogens with one attached hydrogen (secondary N) is 1. The minimum absolute atomic E-state index is 0.191. The Morgan fingerprint density at radius 2 is 2.29 bits per heavy atom. The minimum Gasteiger partial charge on any atom is -0.376 e. The molecule has 1 aromatic carbocycles. The Hall–Kier alpha value is -0.710. The Morgan fingerprint density at radius 3 is 3.00 bits per heavy atom. The Labute approximate surface area is 110 Å². The molecule has 0 aliphatic heterocycles. The van der Waals surface area contributed by atoms with E-state index < -0.39 is 0 Å². The van der Waals surface area contributed by atoms with Crippen molar-refractivity contribution in [2.45, 2.75) is 13.5 Å². The molecule has 0 aromatic heterocycles. The second-order valence-corrected chi connectivity index (χ2v) is 4.84. The van der Waals surface area contributed by atoms with Crippen LogP contribution in [0.4, 0.5) is 4.39 Å². The SMILES string of the molecule is C=C(C)COCCNCc1cc(Br)ccc1F. The highest BCUT2D eigenvalue weighted by Gasteiger charge is 2.01. The van der Waals surface area contributed by atoms with E-state index >= 15 is 0 Å². The molecule has 1 rings (SSSR count). The fraction of sp³-hybridized carbons (Fsp3) is 0.385. The molecule has 0 fully saturated rings. The number of ether oxygens (including phenoxy) is 1. The van der Waals surface area contributed by atoms with E-state index in [1.165, 1.54) is 6.07 Å². The molecular formula is C13H17BrFNO. The fourth-order valence-corrected chi connectivity index (χ4v) is 1.70. The molecule has 0 spiro atoms. The van der Waals surface area contributed by atoms with E-state index in [0.29, 0.717) is 31.9 Å². The number of rotatable bonds is 7. The Kier molecular flexibility index (Phi) is 6.40. The summed E-state index contributed by atoms with van der Waals surface area (Å²) in [4.78, 5) is 0. The third kappa shape index (κ3) is 5.96. The lowest BCUT2D eigenvalue weighted by Crippen LogP contribution is -2.20. The second-order valence-electron chi connectivity index (χ2n) is 3.92. The predicted molar refractivity (Wildman–Crippen MR) is 71.4 cm³/mol. The van der Waals surface area contributed by atoms with Crippen molar-refractivity contribution < 1.29 is 9.13 Å². The van der Waals surface area contributed by atoms with Crippen LogP contribution >= 0.6 is 15.9 Å². The molecule has 0 heterocycles. The van der Waals surface area contributed by atoms with Crippen LogP contribution in [0.3, 0.4) is 0 Å². The van der Waals surface area contributed by atoms with Gasteiger partial charge >= 0.3 is 0 Å². The molecule has 0 saturated heterocycles. The summed E-state index contributed by atoms with van der Waals surface area (Å²) in [5, 5.41) is 3.13. The molecular weight excluding hydrogens is 285 g/mol. The highest BCUT2D eigenvalue weighted by atomic mass is 79.9. The maximum atomic E-state index is 13.3. The molecule has 0 aliphatic carbocycles. The molecule has 1 aromatic rings. The van der Waals surface area contributed by atoms with Gasteiger partial charge in [-0.2, -0.15) is 0 Å². The molecule has 0 radical (unpaired) electrons. The number of hydrogen-bond acceptors (Lipinski definition) is 2. The average Bonchev–Trinajstić information content (AvgIpc) is 2.27. The van der Waals surface area contributed by atoms with Crippen molar-refractivity contribution in [3.05, 3.63) is 46.2 Å². The third-order valence-corrected chi connectivity index (χ3v) is 2.59. The summed E-state index contributed by atoms with van der Waals surface area (Å²) < 4.78 is 19.6. The van der Waals surface area contributed by atoms with Crippen molar-refractivity contribution in [3.8, 4) is 0 Å². The van der Waals surface area contributed by atoms with E-state index in [4.69, 9.17) is 4.74 Å². The highest BCUT2D eigenvalue weighted by Crippen LogP contribution is 2.15. The zero-order valence-electron chi connectivity index (χ0n) is 9.93. The van der Waals surface area contributed by atoms with Gasteiger partial charge in [0, 0.05) is 23.1 Å². The van der Waals surface area contributed by atoms with Gasteiger partial charge in [-0.05, 0) is 25.1 Å². The maximum absolute atomic E-state index is 13.3. The van der Waals surface area contributed by atoms with Crippen LogP contribution in [0, 0.1) is 5.82 Å². The van der Waals surface area contributed by atoms with Gasteiger partial charge in [-0.15, -0.1) is 0 Å². The summed E-state index contributed by atoms with van der Waals surface area (Å²) >= 11 is 3.32. The molecule has 94 valence electrons. The van der Waals surface area contributed by atoms with Crippen LogP contribution in [0.15, 0.2) is 34.8 Å². The van der Waals surface area contributed by atoms with E-state index in [2.05, 4.69) is 27.8 Å². The lowest BCUT2D eigenvalue weighted by atomic mass is 10.2. The zero-order chi connectivity index (χ0) is 12.7. The first-order chi connectivity index (χ1) is 8.09.